The molecule has 1 aromatic rings. The van der Waals surface area contributed by atoms with Gasteiger partial charge in [-0.1, -0.05) is 30.5 Å². The summed E-state index contributed by atoms with van der Waals surface area (Å²) in [4.78, 5) is 0.763. The Morgan fingerprint density at radius 2 is 2.42 bits per heavy atom. The minimum atomic E-state index is 0.609. The van der Waals surface area contributed by atoms with Crippen LogP contribution in [0, 0.1) is 0 Å². The lowest BCUT2D eigenvalue weighted by Gasteiger charge is -1.83. The van der Waals surface area contributed by atoms with Crippen LogP contribution in [0.1, 0.15) is 13.3 Å². The average molecular weight is 165 g/mol. The number of hydrogen-bond acceptors (Lipinski definition) is 3. The largest absolute Gasteiger partial charge is 0.410 e. The fourth-order valence-corrected chi connectivity index (χ4v) is 0.902. The van der Waals surface area contributed by atoms with Gasteiger partial charge in [-0.3, -0.25) is 0 Å². The molecule has 1 heterocycles. The Hall–Kier alpha value is -1.58. The summed E-state index contributed by atoms with van der Waals surface area (Å²) in [6.07, 6.45) is 5.97. The highest BCUT2D eigenvalue weighted by Gasteiger charge is 1.93. The monoisotopic (exact) mass is 165 g/mol. The van der Waals surface area contributed by atoms with E-state index in [9.17, 15) is 0 Å². The number of hydrogen-bond donors (Lipinski definition) is 1. The van der Waals surface area contributed by atoms with Crippen molar-refractivity contribution in [2.75, 3.05) is 0 Å². The summed E-state index contributed by atoms with van der Waals surface area (Å²) in [5.74, 6) is 0. The fourth-order valence-electron chi connectivity index (χ4n) is 0.902. The van der Waals surface area contributed by atoms with Crippen molar-refractivity contribution in [2.45, 2.75) is 13.3 Å². The molecule has 0 aliphatic rings. The van der Waals surface area contributed by atoms with Gasteiger partial charge in [0.25, 0.3) is 0 Å². The van der Waals surface area contributed by atoms with Crippen LogP contribution in [0.3, 0.4) is 0 Å². The molecule has 0 unspecified atom stereocenters. The third-order valence-corrected chi connectivity index (χ3v) is 1.39. The van der Waals surface area contributed by atoms with E-state index in [0.29, 0.717) is 10.7 Å². The van der Waals surface area contributed by atoms with Crippen molar-refractivity contribution < 1.29 is 5.21 Å². The molecule has 64 valence electrons. The van der Waals surface area contributed by atoms with Gasteiger partial charge in [0.15, 0.2) is 0 Å². The fraction of sp³-hybridized carbons (Fsp3) is 0.250. The van der Waals surface area contributed by atoms with Gasteiger partial charge in [0.05, 0.1) is 0 Å². The van der Waals surface area contributed by atoms with Gasteiger partial charge in [0.1, 0.15) is 10.7 Å². The molecule has 0 aromatic carbocycles. The van der Waals surface area contributed by atoms with Crippen molar-refractivity contribution in [1.82, 2.24) is 15.2 Å². The molecule has 1 N–H and O–H groups in total. The highest BCUT2D eigenvalue weighted by molar-refractivity contribution is 5.33. The predicted octanol–water partition coefficient (Wildman–Crippen LogP) is -0.328. The van der Waals surface area contributed by atoms with E-state index in [1.54, 1.807) is 12.2 Å². The van der Waals surface area contributed by atoms with Crippen LogP contribution in [-0.2, 0) is 0 Å². The van der Waals surface area contributed by atoms with E-state index in [4.69, 9.17) is 5.21 Å². The van der Waals surface area contributed by atoms with Gasteiger partial charge in [0.2, 0.25) is 0 Å². The molecule has 0 aliphatic heterocycles. The van der Waals surface area contributed by atoms with Gasteiger partial charge in [-0.25, -0.2) is 0 Å². The Kier molecular flexibility index (Phi) is 2.63. The van der Waals surface area contributed by atoms with E-state index in [-0.39, 0.29) is 0 Å². The molecule has 0 fully saturated rings. The van der Waals surface area contributed by atoms with Crippen LogP contribution in [0.5, 0.6) is 0 Å². The van der Waals surface area contributed by atoms with E-state index < -0.39 is 0 Å². The zero-order valence-electron chi connectivity index (χ0n) is 6.94. The van der Waals surface area contributed by atoms with E-state index in [0.717, 1.165) is 11.3 Å². The molecule has 0 amide bonds. The van der Waals surface area contributed by atoms with Crippen LogP contribution in [0.2, 0.25) is 0 Å². The number of rotatable bonds is 2. The zero-order valence-corrected chi connectivity index (χ0v) is 6.94. The lowest BCUT2D eigenvalue weighted by molar-refractivity contribution is 0.135. The van der Waals surface area contributed by atoms with Crippen molar-refractivity contribution in [3.8, 4) is 0 Å². The summed E-state index contributed by atoms with van der Waals surface area (Å²) in [6.45, 7) is 5.52. The second kappa shape index (κ2) is 3.71. The van der Waals surface area contributed by atoms with Gasteiger partial charge >= 0.3 is 0 Å². The Morgan fingerprint density at radius 1 is 1.67 bits per heavy atom. The standard InChI is InChI=1S/C8H11N3O/c1-3-5-7-8(6-4-2)11(12)10-9-7/h3,5-6,12H,1,4H2,2H3/b7-5+,8-6+. The topological polar surface area (TPSA) is 50.9 Å². The summed E-state index contributed by atoms with van der Waals surface area (Å²) in [7, 11) is 0. The summed E-state index contributed by atoms with van der Waals surface area (Å²) >= 11 is 0. The lowest BCUT2D eigenvalue weighted by atomic mass is 10.4. The first-order valence-electron chi connectivity index (χ1n) is 3.73. The smallest absolute Gasteiger partial charge is 0.126 e. The van der Waals surface area contributed by atoms with Crippen LogP contribution in [-0.4, -0.2) is 20.4 Å². The van der Waals surface area contributed by atoms with Crippen LogP contribution in [0.25, 0.3) is 12.2 Å². The molecule has 12 heavy (non-hydrogen) atoms. The van der Waals surface area contributed by atoms with Crippen molar-refractivity contribution in [3.63, 3.8) is 0 Å². The summed E-state index contributed by atoms with van der Waals surface area (Å²) in [5.41, 5.74) is 0. The molecule has 0 atom stereocenters. The molecule has 4 heteroatoms. The predicted molar refractivity (Wildman–Crippen MR) is 45.9 cm³/mol. The van der Waals surface area contributed by atoms with Gasteiger partial charge in [-0.2, -0.15) is 0 Å². The average Bonchev–Trinajstić information content (AvgIpc) is 2.37. The molecular formula is C8H11N3O. The highest BCUT2D eigenvalue weighted by atomic mass is 16.5. The highest BCUT2D eigenvalue weighted by Crippen LogP contribution is 1.72. The number of nitrogens with zero attached hydrogens (tertiary/aromatic N) is 3. The third-order valence-electron chi connectivity index (χ3n) is 1.39. The quantitative estimate of drug-likeness (QED) is 0.611. The Labute approximate surface area is 70.1 Å². The van der Waals surface area contributed by atoms with Crippen molar-refractivity contribution in [3.05, 3.63) is 23.4 Å². The van der Waals surface area contributed by atoms with Gasteiger partial charge in [-0.05, 0) is 17.7 Å². The minimum Gasteiger partial charge on any atom is -0.410 e. The maximum absolute atomic E-state index is 9.15. The maximum Gasteiger partial charge on any atom is 0.126 e. The molecule has 0 saturated heterocycles. The molecule has 0 aliphatic carbocycles. The first-order valence-corrected chi connectivity index (χ1v) is 3.73. The van der Waals surface area contributed by atoms with Crippen LogP contribution in [0.15, 0.2) is 12.7 Å². The molecule has 1 aromatic heterocycles. The van der Waals surface area contributed by atoms with E-state index in [2.05, 4.69) is 16.9 Å². The first-order chi connectivity index (χ1) is 5.79. The Morgan fingerprint density at radius 3 is 3.00 bits per heavy atom. The third kappa shape index (κ3) is 1.53. The molecule has 1 rings (SSSR count). The van der Waals surface area contributed by atoms with Crippen LogP contribution in [0.4, 0.5) is 0 Å². The summed E-state index contributed by atoms with van der Waals surface area (Å²) in [6, 6.07) is 0. The summed E-state index contributed by atoms with van der Waals surface area (Å²) < 4.78 is 0. The summed E-state index contributed by atoms with van der Waals surface area (Å²) in [5, 5.41) is 17.6. The van der Waals surface area contributed by atoms with Crippen LogP contribution >= 0.6 is 0 Å². The molecule has 0 saturated carbocycles. The lowest BCUT2D eigenvalue weighted by Crippen LogP contribution is -2.29. The normalized spacial score (nSPS) is 13.8. The Bertz CT molecular complexity index is 377. The van der Waals surface area contributed by atoms with E-state index >= 15 is 0 Å². The number of aromatic nitrogens is 3. The first kappa shape index (κ1) is 8.52. The van der Waals surface area contributed by atoms with Gasteiger partial charge < -0.3 is 5.21 Å². The Balaban J connectivity index is 3.41. The molecule has 0 spiro atoms. The minimum absolute atomic E-state index is 0.609. The second-order valence-corrected chi connectivity index (χ2v) is 2.26. The van der Waals surface area contributed by atoms with Crippen molar-refractivity contribution in [1.29, 1.82) is 0 Å². The van der Waals surface area contributed by atoms with Crippen molar-refractivity contribution >= 4 is 12.2 Å². The SMILES string of the molecule is C=C/C=c1/nnn(O)/c1=C/CC. The maximum atomic E-state index is 9.15. The van der Waals surface area contributed by atoms with Crippen molar-refractivity contribution in [2.24, 2.45) is 0 Å². The molecule has 4 nitrogen and oxygen atoms in total. The van der Waals surface area contributed by atoms with Gasteiger partial charge in [-0.15, -0.1) is 5.10 Å². The van der Waals surface area contributed by atoms with Crippen LogP contribution < -0.4 is 10.7 Å². The zero-order chi connectivity index (χ0) is 8.97. The molecular weight excluding hydrogens is 154 g/mol. The van der Waals surface area contributed by atoms with E-state index in [1.165, 1.54) is 0 Å². The molecule has 0 bridgehead atoms. The second-order valence-electron chi connectivity index (χ2n) is 2.26. The van der Waals surface area contributed by atoms with E-state index in [1.807, 2.05) is 13.0 Å². The molecule has 0 radical (unpaired) electrons. The van der Waals surface area contributed by atoms with Gasteiger partial charge in [0, 0.05) is 0 Å². The number of allylic oxidation sites excluding steroid dienone is 1.